The molecule has 6 heteroatoms. The Morgan fingerprint density at radius 2 is 2.00 bits per heavy atom. The van der Waals surface area contributed by atoms with Crippen molar-refractivity contribution in [3.8, 4) is 0 Å². The minimum atomic E-state index is -1.05. The number of non-ortho nitro benzene ring substituents is 1. The van der Waals surface area contributed by atoms with E-state index >= 15 is 0 Å². The molecule has 102 valence electrons. The zero-order valence-corrected chi connectivity index (χ0v) is 10.5. The summed E-state index contributed by atoms with van der Waals surface area (Å²) in [6, 6.07) is 5.74. The number of nitro benzene ring substituents is 1. The Labute approximate surface area is 110 Å². The van der Waals surface area contributed by atoms with Crippen molar-refractivity contribution in [2.45, 2.75) is 38.1 Å². The highest BCUT2D eigenvalue weighted by atomic mass is 16.6. The third-order valence-corrected chi connectivity index (χ3v) is 3.46. The summed E-state index contributed by atoms with van der Waals surface area (Å²) in [5.41, 5.74) is 0.299. The Hall–Kier alpha value is -2.11. The molecule has 0 spiro atoms. The smallest absolute Gasteiger partial charge is 0.412 e. The lowest BCUT2D eigenvalue weighted by Gasteiger charge is -2.32. The number of benzene rings is 1. The molecule has 1 aromatic carbocycles. The van der Waals surface area contributed by atoms with Crippen LogP contribution in [0.4, 0.5) is 16.2 Å². The van der Waals surface area contributed by atoms with Crippen LogP contribution >= 0.6 is 0 Å². The number of rotatable bonds is 3. The number of carbonyl (C=O) groups is 1. The highest BCUT2D eigenvalue weighted by Crippen LogP contribution is 2.29. The lowest BCUT2D eigenvalue weighted by molar-refractivity contribution is -0.384. The fraction of sp³-hybridized carbons (Fsp3) is 0.462. The molecule has 1 N–H and O–H groups in total. The second kappa shape index (κ2) is 5.69. The molecular weight excluding hydrogens is 248 g/mol. The van der Waals surface area contributed by atoms with Crippen molar-refractivity contribution in [1.82, 2.24) is 0 Å². The van der Waals surface area contributed by atoms with Gasteiger partial charge >= 0.3 is 6.09 Å². The van der Waals surface area contributed by atoms with Gasteiger partial charge in [0.2, 0.25) is 0 Å². The van der Waals surface area contributed by atoms with Gasteiger partial charge in [-0.3, -0.25) is 15.0 Å². The van der Waals surface area contributed by atoms with Gasteiger partial charge < -0.3 is 5.11 Å². The molecule has 1 aliphatic carbocycles. The summed E-state index contributed by atoms with van der Waals surface area (Å²) in [4.78, 5) is 23.0. The van der Waals surface area contributed by atoms with E-state index in [0.29, 0.717) is 5.69 Å². The maximum atomic E-state index is 11.4. The Balaban J connectivity index is 2.30. The van der Waals surface area contributed by atoms with Crippen molar-refractivity contribution in [2.75, 3.05) is 4.90 Å². The van der Waals surface area contributed by atoms with E-state index < -0.39 is 11.0 Å². The number of anilines is 1. The molecule has 6 nitrogen and oxygen atoms in total. The van der Waals surface area contributed by atoms with Crippen molar-refractivity contribution < 1.29 is 14.8 Å². The summed E-state index contributed by atoms with van der Waals surface area (Å²) in [6.07, 6.45) is 3.71. The summed E-state index contributed by atoms with van der Waals surface area (Å²) < 4.78 is 0. The van der Waals surface area contributed by atoms with Crippen LogP contribution in [-0.2, 0) is 0 Å². The maximum Gasteiger partial charge on any atom is 0.412 e. The van der Waals surface area contributed by atoms with Gasteiger partial charge in [-0.05, 0) is 18.9 Å². The Morgan fingerprint density at radius 1 is 1.32 bits per heavy atom. The van der Waals surface area contributed by atoms with Crippen LogP contribution in [0.2, 0.25) is 0 Å². The van der Waals surface area contributed by atoms with Crippen LogP contribution in [-0.4, -0.2) is 22.2 Å². The highest BCUT2D eigenvalue weighted by molar-refractivity contribution is 5.87. The van der Waals surface area contributed by atoms with E-state index in [0.717, 1.165) is 32.1 Å². The van der Waals surface area contributed by atoms with Gasteiger partial charge in [-0.15, -0.1) is 0 Å². The number of nitro groups is 1. The van der Waals surface area contributed by atoms with Gasteiger partial charge in [0.05, 0.1) is 10.6 Å². The largest absolute Gasteiger partial charge is 0.465 e. The molecule has 0 bridgehead atoms. The molecule has 0 heterocycles. The van der Waals surface area contributed by atoms with Crippen LogP contribution in [0.15, 0.2) is 24.3 Å². The zero-order chi connectivity index (χ0) is 13.8. The maximum absolute atomic E-state index is 11.4. The minimum Gasteiger partial charge on any atom is -0.465 e. The molecule has 0 radical (unpaired) electrons. The molecule has 19 heavy (non-hydrogen) atoms. The highest BCUT2D eigenvalue weighted by Gasteiger charge is 2.27. The molecule has 1 fully saturated rings. The monoisotopic (exact) mass is 264 g/mol. The normalized spacial score (nSPS) is 16.0. The van der Waals surface area contributed by atoms with Gasteiger partial charge in [-0.25, -0.2) is 4.79 Å². The number of carboxylic acid groups (broad SMARTS) is 1. The third-order valence-electron chi connectivity index (χ3n) is 3.46. The van der Waals surface area contributed by atoms with Crippen molar-refractivity contribution in [2.24, 2.45) is 0 Å². The minimum absolute atomic E-state index is 0.0757. The van der Waals surface area contributed by atoms with Gasteiger partial charge in [-0.1, -0.05) is 25.3 Å². The van der Waals surface area contributed by atoms with E-state index in [4.69, 9.17) is 0 Å². The summed E-state index contributed by atoms with van der Waals surface area (Å²) in [6.45, 7) is 0. The van der Waals surface area contributed by atoms with Crippen molar-refractivity contribution in [1.29, 1.82) is 0 Å². The van der Waals surface area contributed by atoms with Crippen LogP contribution in [0.1, 0.15) is 32.1 Å². The summed E-state index contributed by atoms with van der Waals surface area (Å²) in [7, 11) is 0. The topological polar surface area (TPSA) is 83.7 Å². The predicted octanol–water partition coefficient (Wildman–Crippen LogP) is 3.41. The quantitative estimate of drug-likeness (QED) is 0.669. The molecule has 1 aromatic rings. The number of hydrogen-bond acceptors (Lipinski definition) is 3. The third kappa shape index (κ3) is 3.01. The van der Waals surface area contributed by atoms with Gasteiger partial charge in [0.1, 0.15) is 0 Å². The van der Waals surface area contributed by atoms with E-state index in [1.165, 1.54) is 23.1 Å². The summed E-state index contributed by atoms with van der Waals surface area (Å²) in [5, 5.41) is 20.1. The molecule has 0 saturated heterocycles. The van der Waals surface area contributed by atoms with E-state index in [-0.39, 0.29) is 11.7 Å². The zero-order valence-electron chi connectivity index (χ0n) is 10.5. The molecular formula is C13H16N2O4. The number of nitrogens with zero attached hydrogens (tertiary/aromatic N) is 2. The predicted molar refractivity (Wildman–Crippen MR) is 70.5 cm³/mol. The van der Waals surface area contributed by atoms with Crippen LogP contribution in [0.5, 0.6) is 0 Å². The first-order valence-electron chi connectivity index (χ1n) is 6.36. The second-order valence-electron chi connectivity index (χ2n) is 4.72. The first kappa shape index (κ1) is 13.3. The average molecular weight is 264 g/mol. The molecule has 1 aliphatic rings. The first-order valence-corrected chi connectivity index (χ1v) is 6.36. The molecule has 0 aromatic heterocycles. The molecule has 0 atom stereocenters. The fourth-order valence-corrected chi connectivity index (χ4v) is 2.57. The van der Waals surface area contributed by atoms with E-state index in [1.807, 2.05) is 0 Å². The Morgan fingerprint density at radius 3 is 2.58 bits per heavy atom. The van der Waals surface area contributed by atoms with Crippen LogP contribution < -0.4 is 4.90 Å². The number of amides is 1. The van der Waals surface area contributed by atoms with Crippen LogP contribution in [0.25, 0.3) is 0 Å². The molecule has 0 aliphatic heterocycles. The van der Waals surface area contributed by atoms with Crippen molar-refractivity contribution in [3.63, 3.8) is 0 Å². The van der Waals surface area contributed by atoms with E-state index in [9.17, 15) is 20.0 Å². The molecule has 1 amide bonds. The molecule has 0 unspecified atom stereocenters. The second-order valence-corrected chi connectivity index (χ2v) is 4.72. The first-order chi connectivity index (χ1) is 9.09. The Kier molecular flexibility index (Phi) is 3.99. The fourth-order valence-electron chi connectivity index (χ4n) is 2.57. The summed E-state index contributed by atoms with van der Waals surface area (Å²) in [5.74, 6) is 0. The van der Waals surface area contributed by atoms with Crippen LogP contribution in [0.3, 0.4) is 0 Å². The Bertz CT molecular complexity index is 483. The van der Waals surface area contributed by atoms with Gasteiger partial charge in [0.15, 0.2) is 0 Å². The van der Waals surface area contributed by atoms with Crippen molar-refractivity contribution in [3.05, 3.63) is 34.4 Å². The van der Waals surface area contributed by atoms with Crippen molar-refractivity contribution >= 4 is 17.5 Å². The van der Waals surface area contributed by atoms with Gasteiger partial charge in [-0.2, -0.15) is 0 Å². The molecule has 1 saturated carbocycles. The lowest BCUT2D eigenvalue weighted by Crippen LogP contribution is -2.40. The van der Waals surface area contributed by atoms with Gasteiger partial charge in [0, 0.05) is 18.2 Å². The SMILES string of the molecule is O=C(O)N(c1cccc([N+](=O)[O-])c1)C1CCCCC1. The standard InChI is InChI=1S/C13H16N2O4/c16-13(17)14(10-5-2-1-3-6-10)11-7-4-8-12(9-11)15(18)19/h4,7-10H,1-3,5-6H2,(H,16,17). The average Bonchev–Trinajstić information content (AvgIpc) is 2.40. The summed E-state index contributed by atoms with van der Waals surface area (Å²) >= 11 is 0. The number of hydrogen-bond donors (Lipinski definition) is 1. The van der Waals surface area contributed by atoms with E-state index in [2.05, 4.69) is 0 Å². The lowest BCUT2D eigenvalue weighted by atomic mass is 9.94. The van der Waals surface area contributed by atoms with Gasteiger partial charge in [0.25, 0.3) is 5.69 Å². The molecule has 2 rings (SSSR count). The van der Waals surface area contributed by atoms with E-state index in [1.54, 1.807) is 6.07 Å². The van der Waals surface area contributed by atoms with Crippen LogP contribution in [0, 0.1) is 10.1 Å².